The Labute approximate surface area is 133 Å². The first-order chi connectivity index (χ1) is 11.3. The number of hydrogen-bond donors (Lipinski definition) is 1. The Morgan fingerprint density at radius 3 is 2.96 bits per heavy atom. The van der Waals surface area contributed by atoms with Gasteiger partial charge in [-0.05, 0) is 22.9 Å². The Balaban J connectivity index is 1.57. The number of amides is 1. The molecule has 2 heterocycles. The lowest BCUT2D eigenvalue weighted by Crippen LogP contribution is -2.45. The third-order valence-corrected chi connectivity index (χ3v) is 4.07. The van der Waals surface area contributed by atoms with Gasteiger partial charge in [-0.15, -0.1) is 0 Å². The highest BCUT2D eigenvalue weighted by Gasteiger charge is 2.23. The van der Waals surface area contributed by atoms with Crippen LogP contribution in [-0.2, 0) is 16.0 Å². The Bertz CT molecular complexity index is 856. The summed E-state index contributed by atoms with van der Waals surface area (Å²) in [4.78, 5) is 16.2. The first-order valence-electron chi connectivity index (χ1n) is 7.71. The molecule has 1 aliphatic rings. The van der Waals surface area contributed by atoms with E-state index in [1.807, 2.05) is 22.9 Å². The molecule has 1 saturated heterocycles. The summed E-state index contributed by atoms with van der Waals surface area (Å²) in [5.74, 6) is -0.0588. The Morgan fingerprint density at radius 2 is 2.09 bits per heavy atom. The van der Waals surface area contributed by atoms with Crippen molar-refractivity contribution < 1.29 is 9.53 Å². The molecule has 3 aromatic rings. The zero-order valence-corrected chi connectivity index (χ0v) is 12.6. The number of aromatic nitrogens is 2. The molecule has 2 aromatic carbocycles. The summed E-state index contributed by atoms with van der Waals surface area (Å²) in [6, 6.07) is 14.6. The number of carbonyl (C=O) groups excluding carboxylic acids is 1. The molecule has 5 heteroatoms. The number of nitrogens with zero attached hydrogens (tertiary/aromatic N) is 2. The summed E-state index contributed by atoms with van der Waals surface area (Å²) in [5.41, 5.74) is 1.90. The maximum absolute atomic E-state index is 11.8. The Morgan fingerprint density at radius 1 is 1.22 bits per heavy atom. The molecule has 1 fully saturated rings. The summed E-state index contributed by atoms with van der Waals surface area (Å²) >= 11 is 0. The van der Waals surface area contributed by atoms with Crippen LogP contribution in [-0.4, -0.2) is 34.7 Å². The summed E-state index contributed by atoms with van der Waals surface area (Å²) in [5, 5.41) is 5.21. The van der Waals surface area contributed by atoms with Gasteiger partial charge in [0.15, 0.2) is 0 Å². The van der Waals surface area contributed by atoms with Gasteiger partial charge >= 0.3 is 0 Å². The molecule has 5 nitrogen and oxygen atoms in total. The molecule has 23 heavy (non-hydrogen) atoms. The second-order valence-corrected chi connectivity index (χ2v) is 5.66. The fraction of sp³-hybridized carbons (Fsp3) is 0.222. The van der Waals surface area contributed by atoms with Crippen LogP contribution in [0.5, 0.6) is 0 Å². The second-order valence-electron chi connectivity index (χ2n) is 5.66. The van der Waals surface area contributed by atoms with Gasteiger partial charge in [-0.3, -0.25) is 4.79 Å². The molecule has 0 unspecified atom stereocenters. The van der Waals surface area contributed by atoms with E-state index < -0.39 is 6.10 Å². The molecule has 1 aromatic heterocycles. The van der Waals surface area contributed by atoms with Crippen molar-refractivity contribution in [2.75, 3.05) is 13.2 Å². The van der Waals surface area contributed by atoms with Crippen molar-refractivity contribution in [2.45, 2.75) is 12.5 Å². The number of morpholine rings is 1. The van der Waals surface area contributed by atoms with Crippen LogP contribution in [0, 0.1) is 0 Å². The maximum atomic E-state index is 11.8. The van der Waals surface area contributed by atoms with Crippen LogP contribution >= 0.6 is 0 Å². The summed E-state index contributed by atoms with van der Waals surface area (Å²) < 4.78 is 7.48. The Kier molecular flexibility index (Phi) is 3.55. The van der Waals surface area contributed by atoms with E-state index in [0.29, 0.717) is 19.6 Å². The third kappa shape index (κ3) is 2.83. The standard InChI is InChI=1S/C18H17N3O2/c22-18-17(23-8-7-19-18)10-15-11-21(12-20-15)16-6-5-13-3-1-2-4-14(13)9-16/h1-6,9,11-12,17H,7-8,10H2,(H,19,22)/t17-/m0/s1. The lowest BCUT2D eigenvalue weighted by molar-refractivity contribution is -0.137. The number of fused-ring (bicyclic) bond motifs is 1. The largest absolute Gasteiger partial charge is 0.366 e. The number of nitrogens with one attached hydrogen (secondary N) is 1. The lowest BCUT2D eigenvalue weighted by atomic mass is 10.1. The molecule has 116 valence electrons. The molecule has 0 saturated carbocycles. The van der Waals surface area contributed by atoms with Crippen LogP contribution in [0.4, 0.5) is 0 Å². The fourth-order valence-corrected chi connectivity index (χ4v) is 2.85. The van der Waals surface area contributed by atoms with Gasteiger partial charge in [0.1, 0.15) is 6.10 Å². The van der Waals surface area contributed by atoms with Gasteiger partial charge < -0.3 is 14.6 Å². The highest BCUT2D eigenvalue weighted by Crippen LogP contribution is 2.19. The van der Waals surface area contributed by atoms with Gasteiger partial charge in [0.2, 0.25) is 5.91 Å². The number of imidazole rings is 1. The molecular formula is C18H17N3O2. The van der Waals surface area contributed by atoms with E-state index in [1.54, 1.807) is 6.33 Å². The van der Waals surface area contributed by atoms with Crippen LogP contribution < -0.4 is 5.32 Å². The van der Waals surface area contributed by atoms with Crippen LogP contribution in [0.15, 0.2) is 55.0 Å². The van der Waals surface area contributed by atoms with Gasteiger partial charge in [-0.1, -0.05) is 30.3 Å². The van der Waals surface area contributed by atoms with Gasteiger partial charge in [-0.25, -0.2) is 4.98 Å². The van der Waals surface area contributed by atoms with Gasteiger partial charge in [0.25, 0.3) is 0 Å². The van der Waals surface area contributed by atoms with Crippen molar-refractivity contribution >= 4 is 16.7 Å². The van der Waals surface area contributed by atoms with Crippen LogP contribution in [0.3, 0.4) is 0 Å². The summed E-state index contributed by atoms with van der Waals surface area (Å²) in [6.07, 6.45) is 3.78. The van der Waals surface area contributed by atoms with Crippen molar-refractivity contribution in [3.63, 3.8) is 0 Å². The van der Waals surface area contributed by atoms with Crippen molar-refractivity contribution in [3.05, 3.63) is 60.7 Å². The van der Waals surface area contributed by atoms with Gasteiger partial charge in [0, 0.05) is 24.8 Å². The predicted molar refractivity (Wildman–Crippen MR) is 87.5 cm³/mol. The minimum Gasteiger partial charge on any atom is -0.366 e. The molecule has 0 bridgehead atoms. The smallest absolute Gasteiger partial charge is 0.249 e. The van der Waals surface area contributed by atoms with Crippen molar-refractivity contribution in [1.82, 2.24) is 14.9 Å². The predicted octanol–water partition coefficient (Wildman–Crippen LogP) is 2.08. The molecule has 1 aliphatic heterocycles. The van der Waals surface area contributed by atoms with Gasteiger partial charge in [-0.2, -0.15) is 0 Å². The fourth-order valence-electron chi connectivity index (χ4n) is 2.85. The average Bonchev–Trinajstić information content (AvgIpc) is 3.05. The van der Waals surface area contributed by atoms with Crippen molar-refractivity contribution in [1.29, 1.82) is 0 Å². The minimum absolute atomic E-state index is 0.0588. The SMILES string of the molecule is O=C1NCCO[C@H]1Cc1cn(-c2ccc3ccccc3c2)cn1. The van der Waals surface area contributed by atoms with Crippen LogP contribution in [0.2, 0.25) is 0 Å². The number of ether oxygens (including phenoxy) is 1. The zero-order chi connectivity index (χ0) is 15.6. The molecule has 1 amide bonds. The quantitative estimate of drug-likeness (QED) is 0.806. The van der Waals surface area contributed by atoms with Crippen molar-refractivity contribution in [3.8, 4) is 5.69 Å². The van der Waals surface area contributed by atoms with Crippen LogP contribution in [0.25, 0.3) is 16.5 Å². The van der Waals surface area contributed by atoms with E-state index in [1.165, 1.54) is 10.8 Å². The highest BCUT2D eigenvalue weighted by molar-refractivity contribution is 5.84. The normalized spacial score (nSPS) is 18.1. The molecule has 0 aliphatic carbocycles. The molecule has 1 N–H and O–H groups in total. The lowest BCUT2D eigenvalue weighted by Gasteiger charge is -2.21. The Hall–Kier alpha value is -2.66. The molecule has 0 radical (unpaired) electrons. The molecule has 4 rings (SSSR count). The zero-order valence-electron chi connectivity index (χ0n) is 12.6. The van der Waals surface area contributed by atoms with E-state index in [0.717, 1.165) is 11.4 Å². The van der Waals surface area contributed by atoms with Crippen molar-refractivity contribution in [2.24, 2.45) is 0 Å². The van der Waals surface area contributed by atoms with E-state index in [4.69, 9.17) is 4.74 Å². The number of benzene rings is 2. The first-order valence-corrected chi connectivity index (χ1v) is 7.71. The van der Waals surface area contributed by atoms with E-state index in [9.17, 15) is 4.79 Å². The highest BCUT2D eigenvalue weighted by atomic mass is 16.5. The maximum Gasteiger partial charge on any atom is 0.249 e. The number of rotatable bonds is 3. The number of carbonyl (C=O) groups is 1. The molecular weight excluding hydrogens is 290 g/mol. The van der Waals surface area contributed by atoms with E-state index >= 15 is 0 Å². The minimum atomic E-state index is -0.441. The second kappa shape index (κ2) is 5.85. The summed E-state index contributed by atoms with van der Waals surface area (Å²) in [7, 11) is 0. The van der Waals surface area contributed by atoms with Crippen LogP contribution in [0.1, 0.15) is 5.69 Å². The van der Waals surface area contributed by atoms with E-state index in [2.05, 4.69) is 40.6 Å². The first kappa shape index (κ1) is 14.0. The molecule has 1 atom stereocenters. The molecule has 0 spiro atoms. The average molecular weight is 307 g/mol. The third-order valence-electron chi connectivity index (χ3n) is 4.07. The van der Waals surface area contributed by atoms with E-state index in [-0.39, 0.29) is 5.91 Å². The monoisotopic (exact) mass is 307 g/mol. The van der Waals surface area contributed by atoms with Gasteiger partial charge in [0.05, 0.1) is 18.6 Å². The number of hydrogen-bond acceptors (Lipinski definition) is 3. The summed E-state index contributed by atoms with van der Waals surface area (Å²) in [6.45, 7) is 1.14. The topological polar surface area (TPSA) is 56.1 Å².